The molecule has 0 saturated heterocycles. The number of hydrogen-bond donors (Lipinski definition) is 1. The number of benzene rings is 1. The Balaban J connectivity index is 1.82. The van der Waals surface area contributed by atoms with Crippen molar-refractivity contribution in [3.63, 3.8) is 0 Å². The van der Waals surface area contributed by atoms with Crippen molar-refractivity contribution in [3.05, 3.63) is 68.0 Å². The molecule has 1 aromatic carbocycles. The first kappa shape index (κ1) is 17.2. The normalized spacial score (nSPS) is 14.0. The van der Waals surface area contributed by atoms with Crippen LogP contribution in [0.4, 0.5) is 0 Å². The molecule has 1 aromatic heterocycles. The van der Waals surface area contributed by atoms with Gasteiger partial charge in [-0.25, -0.2) is 4.79 Å². The first-order valence-corrected chi connectivity index (χ1v) is 8.25. The summed E-state index contributed by atoms with van der Waals surface area (Å²) in [6.45, 7) is 1.22. The Bertz CT molecular complexity index is 907. The summed E-state index contributed by atoms with van der Waals surface area (Å²) in [5.74, 6) is -0.444. The zero-order valence-corrected chi connectivity index (χ0v) is 14.4. The van der Waals surface area contributed by atoms with Crippen LogP contribution in [-0.2, 0) is 27.2 Å². The Kier molecular flexibility index (Phi) is 4.59. The third kappa shape index (κ3) is 3.71. The fourth-order valence-corrected chi connectivity index (χ4v) is 2.90. The first-order valence-electron chi connectivity index (χ1n) is 8.25. The van der Waals surface area contributed by atoms with Crippen molar-refractivity contribution in [2.75, 3.05) is 0 Å². The fourth-order valence-electron chi connectivity index (χ4n) is 2.90. The third-order valence-corrected chi connectivity index (χ3v) is 4.68. The molecule has 7 heteroatoms. The number of primary amides is 1. The summed E-state index contributed by atoms with van der Waals surface area (Å²) in [7, 11) is 3.16. The SMILES string of the molecule is Cn1c(CN(Cc2ccc(C(N)=O)cc2)C2CC2)cc(=O)n(C)c1=O. The van der Waals surface area contributed by atoms with Gasteiger partial charge in [-0.2, -0.15) is 0 Å². The molecule has 1 amide bonds. The lowest BCUT2D eigenvalue weighted by Gasteiger charge is -2.23. The topological polar surface area (TPSA) is 90.3 Å². The second-order valence-corrected chi connectivity index (χ2v) is 6.57. The molecule has 7 nitrogen and oxygen atoms in total. The minimum Gasteiger partial charge on any atom is -0.366 e. The van der Waals surface area contributed by atoms with Crippen molar-refractivity contribution in [1.29, 1.82) is 0 Å². The number of carbonyl (C=O) groups is 1. The molecule has 1 fully saturated rings. The number of nitrogens with two attached hydrogens (primary N) is 1. The molecule has 3 rings (SSSR count). The predicted octanol–water partition coefficient (Wildman–Crippen LogP) is 0.348. The number of aromatic nitrogens is 2. The molecule has 0 unspecified atom stereocenters. The van der Waals surface area contributed by atoms with Crippen LogP contribution in [0.15, 0.2) is 39.9 Å². The molecule has 2 N–H and O–H groups in total. The highest BCUT2D eigenvalue weighted by Gasteiger charge is 2.29. The van der Waals surface area contributed by atoms with Gasteiger partial charge in [-0.1, -0.05) is 12.1 Å². The van der Waals surface area contributed by atoms with Crippen LogP contribution in [0.3, 0.4) is 0 Å². The van der Waals surface area contributed by atoms with Crippen molar-refractivity contribution in [2.45, 2.75) is 32.0 Å². The zero-order chi connectivity index (χ0) is 18.1. The summed E-state index contributed by atoms with van der Waals surface area (Å²) in [5, 5.41) is 0. The minimum atomic E-state index is -0.444. The molecule has 132 valence electrons. The fraction of sp³-hybridized carbons (Fsp3) is 0.389. The van der Waals surface area contributed by atoms with Crippen LogP contribution in [-0.4, -0.2) is 26.0 Å². The zero-order valence-electron chi connectivity index (χ0n) is 14.4. The van der Waals surface area contributed by atoms with Gasteiger partial charge < -0.3 is 5.73 Å². The van der Waals surface area contributed by atoms with Crippen molar-refractivity contribution in [2.24, 2.45) is 19.8 Å². The van der Waals surface area contributed by atoms with Gasteiger partial charge in [0.25, 0.3) is 5.56 Å². The van der Waals surface area contributed by atoms with Crippen molar-refractivity contribution in [3.8, 4) is 0 Å². The van der Waals surface area contributed by atoms with E-state index in [4.69, 9.17) is 5.73 Å². The molecule has 0 radical (unpaired) electrons. The molecule has 0 bridgehead atoms. The Morgan fingerprint density at radius 1 is 1.12 bits per heavy atom. The van der Waals surface area contributed by atoms with Crippen molar-refractivity contribution < 1.29 is 4.79 Å². The number of rotatable bonds is 6. The molecule has 1 saturated carbocycles. The van der Waals surface area contributed by atoms with E-state index in [9.17, 15) is 14.4 Å². The molecule has 0 aliphatic heterocycles. The maximum absolute atomic E-state index is 12.1. The molecule has 2 aromatic rings. The number of hydrogen-bond acceptors (Lipinski definition) is 4. The van der Waals surface area contributed by atoms with Gasteiger partial charge in [0.2, 0.25) is 5.91 Å². The van der Waals surface area contributed by atoms with E-state index >= 15 is 0 Å². The standard InChI is InChI=1S/C18H22N4O3/c1-20-15(9-16(23)21(2)18(20)25)11-22(14-7-8-14)10-12-3-5-13(6-4-12)17(19)24/h3-6,9,14H,7-8,10-11H2,1-2H3,(H2,19,24). The van der Waals surface area contributed by atoms with Gasteiger partial charge in [-0.05, 0) is 30.5 Å². The maximum Gasteiger partial charge on any atom is 0.330 e. The molecular weight excluding hydrogens is 320 g/mol. The molecule has 1 heterocycles. The lowest BCUT2D eigenvalue weighted by Crippen LogP contribution is -2.39. The predicted molar refractivity (Wildman–Crippen MR) is 94.2 cm³/mol. The highest BCUT2D eigenvalue weighted by Crippen LogP contribution is 2.29. The van der Waals surface area contributed by atoms with Crippen LogP contribution in [0.5, 0.6) is 0 Å². The number of amides is 1. The molecular formula is C18H22N4O3. The minimum absolute atomic E-state index is 0.292. The smallest absolute Gasteiger partial charge is 0.330 e. The largest absolute Gasteiger partial charge is 0.366 e. The molecule has 0 spiro atoms. The summed E-state index contributed by atoms with van der Waals surface area (Å²) in [6, 6.07) is 9.19. The number of nitrogens with zero attached hydrogens (tertiary/aromatic N) is 3. The second kappa shape index (κ2) is 6.68. The van der Waals surface area contributed by atoms with Crippen LogP contribution in [0.25, 0.3) is 0 Å². The Morgan fingerprint density at radius 3 is 2.32 bits per heavy atom. The van der Waals surface area contributed by atoms with E-state index in [1.54, 1.807) is 19.2 Å². The lowest BCUT2D eigenvalue weighted by atomic mass is 10.1. The van der Waals surface area contributed by atoms with Gasteiger partial charge in [0.15, 0.2) is 0 Å². The van der Waals surface area contributed by atoms with E-state index in [0.717, 1.165) is 23.0 Å². The molecule has 0 atom stereocenters. The Morgan fingerprint density at radius 2 is 1.76 bits per heavy atom. The van der Waals surface area contributed by atoms with Crippen LogP contribution in [0.1, 0.15) is 34.5 Å². The van der Waals surface area contributed by atoms with Crippen LogP contribution < -0.4 is 17.0 Å². The summed E-state index contributed by atoms with van der Waals surface area (Å²) in [6.07, 6.45) is 2.22. The van der Waals surface area contributed by atoms with E-state index in [2.05, 4.69) is 4.90 Å². The summed E-state index contributed by atoms with van der Waals surface area (Å²) < 4.78 is 2.63. The average molecular weight is 342 g/mol. The van der Waals surface area contributed by atoms with E-state index in [1.165, 1.54) is 17.7 Å². The summed E-state index contributed by atoms with van der Waals surface area (Å²) in [4.78, 5) is 37.5. The quantitative estimate of drug-likeness (QED) is 0.820. The van der Waals surface area contributed by atoms with E-state index in [0.29, 0.717) is 30.4 Å². The Hall–Kier alpha value is -2.67. The van der Waals surface area contributed by atoms with Gasteiger partial charge >= 0.3 is 5.69 Å². The van der Waals surface area contributed by atoms with Gasteiger partial charge in [-0.15, -0.1) is 0 Å². The van der Waals surface area contributed by atoms with E-state index in [1.807, 2.05) is 12.1 Å². The Labute approximate surface area is 145 Å². The molecule has 1 aliphatic rings. The van der Waals surface area contributed by atoms with Crippen LogP contribution >= 0.6 is 0 Å². The van der Waals surface area contributed by atoms with Crippen LogP contribution in [0.2, 0.25) is 0 Å². The van der Waals surface area contributed by atoms with Gasteiger partial charge in [0, 0.05) is 50.6 Å². The third-order valence-electron chi connectivity index (χ3n) is 4.68. The second-order valence-electron chi connectivity index (χ2n) is 6.57. The van der Waals surface area contributed by atoms with Gasteiger partial charge in [0.05, 0.1) is 0 Å². The highest BCUT2D eigenvalue weighted by molar-refractivity contribution is 5.92. The van der Waals surface area contributed by atoms with Crippen LogP contribution in [0, 0.1) is 0 Å². The summed E-state index contributed by atoms with van der Waals surface area (Å²) in [5.41, 5.74) is 6.91. The van der Waals surface area contributed by atoms with Crippen molar-refractivity contribution >= 4 is 5.91 Å². The summed E-state index contributed by atoms with van der Waals surface area (Å²) >= 11 is 0. The number of carbonyl (C=O) groups excluding carboxylic acids is 1. The molecule has 1 aliphatic carbocycles. The van der Waals surface area contributed by atoms with Gasteiger partial charge in [-0.3, -0.25) is 23.6 Å². The first-order chi connectivity index (χ1) is 11.9. The van der Waals surface area contributed by atoms with Crippen molar-refractivity contribution in [1.82, 2.24) is 14.0 Å². The van der Waals surface area contributed by atoms with E-state index in [-0.39, 0.29) is 11.2 Å². The average Bonchev–Trinajstić information content (AvgIpc) is 3.42. The lowest BCUT2D eigenvalue weighted by molar-refractivity contribution is 0.100. The van der Waals surface area contributed by atoms with E-state index < -0.39 is 5.91 Å². The molecule has 25 heavy (non-hydrogen) atoms. The highest BCUT2D eigenvalue weighted by atomic mass is 16.2. The monoisotopic (exact) mass is 342 g/mol. The maximum atomic E-state index is 12.1. The van der Waals surface area contributed by atoms with Gasteiger partial charge in [0.1, 0.15) is 0 Å².